The van der Waals surface area contributed by atoms with Gasteiger partial charge in [0.1, 0.15) is 23.9 Å². The number of phenols is 1. The van der Waals surface area contributed by atoms with Crippen molar-refractivity contribution in [3.63, 3.8) is 0 Å². The number of nitrogens with one attached hydrogen (secondary N) is 4. The number of esters is 1. The summed E-state index contributed by atoms with van der Waals surface area (Å²) in [6.07, 6.45) is 2.94. The van der Waals surface area contributed by atoms with Crippen molar-refractivity contribution < 1.29 is 38.6 Å². The molecule has 2 aromatic carbocycles. The van der Waals surface area contributed by atoms with Crippen molar-refractivity contribution in [3.8, 4) is 28.1 Å². The van der Waals surface area contributed by atoms with Gasteiger partial charge < -0.3 is 40.0 Å². The number of likely N-dealkylation sites (N-methyl/N-ethyl adjacent to an activating group) is 1. The number of hydrogen-bond donors (Lipinski definition) is 5. The Morgan fingerprint density at radius 1 is 1.09 bits per heavy atom. The van der Waals surface area contributed by atoms with Gasteiger partial charge in [-0.15, -0.1) is 0 Å². The first-order chi connectivity index (χ1) is 30.5. The van der Waals surface area contributed by atoms with E-state index in [1.54, 1.807) is 39.3 Å². The molecule has 2 aromatic heterocycles. The third kappa shape index (κ3) is 9.93. The van der Waals surface area contributed by atoms with Gasteiger partial charge in [0.05, 0.1) is 36.7 Å². The van der Waals surface area contributed by atoms with Crippen LogP contribution in [0.4, 0.5) is 0 Å². The lowest BCUT2D eigenvalue weighted by Crippen LogP contribution is -2.62. The minimum atomic E-state index is -1.17. The zero-order valence-electron chi connectivity index (χ0n) is 38.1. The van der Waals surface area contributed by atoms with Crippen molar-refractivity contribution in [2.45, 2.75) is 104 Å². The van der Waals surface area contributed by atoms with Crippen LogP contribution in [0.15, 0.2) is 54.7 Å². The summed E-state index contributed by atoms with van der Waals surface area (Å²) in [5.74, 6) is -2.70. The molecule has 0 aliphatic carbocycles. The van der Waals surface area contributed by atoms with Crippen molar-refractivity contribution in [3.05, 3.63) is 71.5 Å². The number of methoxy groups -OCH3 is 1. The average molecular weight is 879 g/mol. The fraction of sp³-hybridized carbons (Fsp3) is 0.500. The summed E-state index contributed by atoms with van der Waals surface area (Å²) < 4.78 is 14.2. The highest BCUT2D eigenvalue weighted by Crippen LogP contribution is 2.42. The number of hydrogen-bond acceptors (Lipinski definition) is 11. The number of amides is 4. The second-order valence-electron chi connectivity index (χ2n) is 18.4. The molecule has 3 aliphatic heterocycles. The van der Waals surface area contributed by atoms with Gasteiger partial charge >= 0.3 is 5.97 Å². The van der Waals surface area contributed by atoms with Gasteiger partial charge in [0.15, 0.2) is 0 Å². The molecular formula is C48H62N8O8. The number of ether oxygens (including phenoxy) is 2. The maximum atomic E-state index is 14.6. The second kappa shape index (κ2) is 19.1. The molecule has 3 aliphatic rings. The number of nitrogens with zero attached hydrogens (tertiary/aromatic N) is 4. The summed E-state index contributed by atoms with van der Waals surface area (Å²) in [5, 5.41) is 22.1. The fourth-order valence-corrected chi connectivity index (χ4v) is 9.06. The number of benzene rings is 2. The van der Waals surface area contributed by atoms with Crippen LogP contribution in [0.1, 0.15) is 77.3 Å². The number of rotatable bonds is 11. The zero-order valence-corrected chi connectivity index (χ0v) is 38.1. The standard InChI is InChI=1S/C48H62N8O8/c1-9-55-39-15-14-30-22-34(39)35(43(55)33-12-10-16-49-41(33)28(4)63-8)23-48(5,6)26-64-47(62)36-13-11-17-56(53-36)46(61)37(20-29-18-31(30)21-32(57)19-29)52-45(60)42(27(2)3)54(7)40(58)25-51-44(59)38-24-50-38/h10,12,14-16,18-19,21-22,27-28,36-38,42,50,53,57H,9,11,13,17,20,23-26H2,1-8H3,(H,51,59)(H,52,60)/t28-,36-,37-,38+,42?/m0/s1. The molecule has 6 bridgehead atoms. The Bertz CT molecular complexity index is 2430. The highest BCUT2D eigenvalue weighted by Gasteiger charge is 2.38. The quantitative estimate of drug-likeness (QED) is 0.108. The Hall–Kier alpha value is -5.84. The Morgan fingerprint density at radius 3 is 2.56 bits per heavy atom. The molecule has 4 aromatic rings. The Balaban J connectivity index is 1.31. The van der Waals surface area contributed by atoms with E-state index >= 15 is 0 Å². The van der Waals surface area contributed by atoms with Gasteiger partial charge in [-0.25, -0.2) is 5.43 Å². The third-order valence-corrected chi connectivity index (χ3v) is 12.5. The molecule has 1 unspecified atom stereocenters. The molecule has 5 N–H and O–H groups in total. The van der Waals surface area contributed by atoms with E-state index in [2.05, 4.69) is 64.9 Å². The van der Waals surface area contributed by atoms with E-state index in [9.17, 15) is 29.1 Å². The lowest BCUT2D eigenvalue weighted by molar-refractivity contribution is -0.155. The van der Waals surface area contributed by atoms with E-state index in [-0.39, 0.29) is 55.8 Å². The Kier molecular flexibility index (Phi) is 13.8. The number of carbonyl (C=O) groups is 5. The highest BCUT2D eigenvalue weighted by molar-refractivity contribution is 5.96. The van der Waals surface area contributed by atoms with Gasteiger partial charge in [0.25, 0.3) is 5.91 Å². The molecule has 5 heterocycles. The minimum Gasteiger partial charge on any atom is -0.508 e. The molecule has 2 saturated heterocycles. The number of hydrazine groups is 1. The van der Waals surface area contributed by atoms with Gasteiger partial charge in [-0.2, -0.15) is 0 Å². The van der Waals surface area contributed by atoms with Crippen molar-refractivity contribution in [1.82, 2.24) is 40.8 Å². The monoisotopic (exact) mass is 878 g/mol. The largest absolute Gasteiger partial charge is 0.508 e. The minimum absolute atomic E-state index is 0.0194. The van der Waals surface area contributed by atoms with E-state index in [0.717, 1.165) is 39.0 Å². The van der Waals surface area contributed by atoms with Crippen LogP contribution >= 0.6 is 0 Å². The first-order valence-corrected chi connectivity index (χ1v) is 22.3. The predicted octanol–water partition coefficient (Wildman–Crippen LogP) is 4.02. The molecule has 342 valence electrons. The van der Waals surface area contributed by atoms with Crippen molar-refractivity contribution >= 4 is 40.5 Å². The molecular weight excluding hydrogens is 817 g/mol. The molecule has 16 heteroatoms. The van der Waals surface area contributed by atoms with Gasteiger partial charge in [0, 0.05) is 68.3 Å². The zero-order chi connectivity index (χ0) is 46.0. The van der Waals surface area contributed by atoms with E-state index in [4.69, 9.17) is 14.5 Å². The number of pyridine rings is 1. The number of cyclic esters (lactones) is 1. The second-order valence-corrected chi connectivity index (χ2v) is 18.4. The molecule has 2 fully saturated rings. The first-order valence-electron chi connectivity index (χ1n) is 22.3. The van der Waals surface area contributed by atoms with Gasteiger partial charge in [-0.05, 0) is 97.7 Å². The van der Waals surface area contributed by atoms with Crippen molar-refractivity contribution in [2.24, 2.45) is 11.3 Å². The first kappa shape index (κ1) is 46.2. The van der Waals surface area contributed by atoms with E-state index in [0.29, 0.717) is 43.5 Å². The molecule has 16 nitrogen and oxygen atoms in total. The number of aryl methyl sites for hydroxylation is 1. The normalized spacial score (nSPS) is 20.8. The maximum Gasteiger partial charge on any atom is 0.324 e. The van der Waals surface area contributed by atoms with Crippen LogP contribution in [0.2, 0.25) is 0 Å². The Labute approximate surface area is 374 Å². The van der Waals surface area contributed by atoms with Crippen LogP contribution in [-0.4, -0.2) is 119 Å². The van der Waals surface area contributed by atoms with Crippen LogP contribution in [0, 0.1) is 11.3 Å². The summed E-state index contributed by atoms with van der Waals surface area (Å²) in [5.41, 5.74) is 9.47. The van der Waals surface area contributed by atoms with Crippen molar-refractivity contribution in [2.75, 3.05) is 40.4 Å². The number of phenolic OH excluding ortho intramolecular Hbond substituents is 1. The SMILES string of the molecule is CCn1c(-c2cccnc2[C@H](C)OC)c2c3cc(ccc31)-c1cc(O)cc(c1)C[C@H](NC(=O)C(C(C)C)N(C)C(=O)CNC(=O)[C@H]1CN1)C(=O)N1CCC[C@H](N1)C(=O)OCC(C)(C)C2. The fourth-order valence-electron chi connectivity index (χ4n) is 9.06. The predicted molar refractivity (Wildman–Crippen MR) is 242 cm³/mol. The molecule has 0 spiro atoms. The summed E-state index contributed by atoms with van der Waals surface area (Å²) in [7, 11) is 3.17. The van der Waals surface area contributed by atoms with E-state index < -0.39 is 47.2 Å². The summed E-state index contributed by atoms with van der Waals surface area (Å²) >= 11 is 0. The average Bonchev–Trinajstić information content (AvgIpc) is 4.09. The maximum absolute atomic E-state index is 14.6. The summed E-state index contributed by atoms with van der Waals surface area (Å²) in [4.78, 5) is 74.4. The van der Waals surface area contributed by atoms with Gasteiger partial charge in [-0.3, -0.25) is 34.0 Å². The lowest BCUT2D eigenvalue weighted by Gasteiger charge is -2.36. The molecule has 4 amide bonds. The Morgan fingerprint density at radius 2 is 1.86 bits per heavy atom. The molecule has 0 radical (unpaired) electrons. The van der Waals surface area contributed by atoms with Crippen LogP contribution in [0.5, 0.6) is 5.75 Å². The third-order valence-electron chi connectivity index (χ3n) is 12.5. The van der Waals surface area contributed by atoms with E-state index in [1.165, 1.54) is 17.0 Å². The lowest BCUT2D eigenvalue weighted by atomic mass is 9.84. The summed E-state index contributed by atoms with van der Waals surface area (Å²) in [6, 6.07) is 12.1. The molecule has 7 rings (SSSR count). The number of aromatic hydroxyl groups is 1. The molecule has 64 heavy (non-hydrogen) atoms. The topological polar surface area (TPSA) is 206 Å². The highest BCUT2D eigenvalue weighted by atomic mass is 16.5. The molecule has 5 atom stereocenters. The summed E-state index contributed by atoms with van der Waals surface area (Å²) in [6.45, 7) is 13.1. The van der Waals surface area contributed by atoms with Gasteiger partial charge in [0.2, 0.25) is 17.7 Å². The number of carbonyl (C=O) groups excluding carboxylic acids is 5. The smallest absolute Gasteiger partial charge is 0.324 e. The van der Waals surface area contributed by atoms with E-state index in [1.807, 2.05) is 25.1 Å². The number of fused-ring (bicyclic) bond motifs is 6. The van der Waals surface area contributed by atoms with Crippen LogP contribution < -0.4 is 21.4 Å². The van der Waals surface area contributed by atoms with Crippen LogP contribution in [0.25, 0.3) is 33.3 Å². The number of aromatic nitrogens is 2. The van der Waals surface area contributed by atoms with Gasteiger partial charge in [-0.1, -0.05) is 39.8 Å². The molecule has 0 saturated carbocycles. The van der Waals surface area contributed by atoms with Crippen LogP contribution in [-0.2, 0) is 52.8 Å². The van der Waals surface area contributed by atoms with Crippen LogP contribution in [0.3, 0.4) is 0 Å². The van der Waals surface area contributed by atoms with Crippen molar-refractivity contribution in [1.29, 1.82) is 0 Å².